The van der Waals surface area contributed by atoms with Crippen molar-refractivity contribution in [2.75, 3.05) is 0 Å². The zero-order valence-electron chi connectivity index (χ0n) is 12.3. The predicted octanol–water partition coefficient (Wildman–Crippen LogP) is 3.61. The molecule has 0 saturated heterocycles. The van der Waals surface area contributed by atoms with Crippen LogP contribution in [0.15, 0.2) is 54.6 Å². The van der Waals surface area contributed by atoms with E-state index in [0.717, 1.165) is 11.0 Å². The van der Waals surface area contributed by atoms with Crippen LogP contribution in [0.3, 0.4) is 0 Å². The van der Waals surface area contributed by atoms with E-state index in [-0.39, 0.29) is 11.6 Å². The molecule has 0 aliphatic rings. The molecule has 0 saturated carbocycles. The maximum Gasteiger partial charge on any atom is 0.270 e. The first-order valence-electron chi connectivity index (χ1n) is 6.97. The Morgan fingerprint density at radius 2 is 2.00 bits per heavy atom. The molecule has 0 amide bonds. The van der Waals surface area contributed by atoms with Crippen LogP contribution in [-0.2, 0) is 0 Å². The van der Waals surface area contributed by atoms with E-state index in [4.69, 9.17) is 0 Å². The highest BCUT2D eigenvalue weighted by atomic mass is 16.6. The average Bonchev–Trinajstić information content (AvgIpc) is 2.88. The second kappa shape index (κ2) is 5.84. The Labute approximate surface area is 131 Å². The van der Waals surface area contributed by atoms with Crippen LogP contribution in [0.2, 0.25) is 0 Å². The van der Waals surface area contributed by atoms with E-state index in [2.05, 4.69) is 4.98 Å². The van der Waals surface area contributed by atoms with E-state index >= 15 is 0 Å². The molecule has 1 aromatic heterocycles. The molecule has 114 valence electrons. The molecular formula is C17H13N3O3. The molecule has 0 radical (unpaired) electrons. The summed E-state index contributed by atoms with van der Waals surface area (Å²) >= 11 is 0. The van der Waals surface area contributed by atoms with Gasteiger partial charge in [0.1, 0.15) is 5.82 Å². The lowest BCUT2D eigenvalue weighted by molar-refractivity contribution is -0.384. The predicted molar refractivity (Wildman–Crippen MR) is 87.2 cm³/mol. The summed E-state index contributed by atoms with van der Waals surface area (Å²) in [7, 11) is 0. The molecule has 0 aliphatic heterocycles. The summed E-state index contributed by atoms with van der Waals surface area (Å²) in [6, 6.07) is 13.5. The summed E-state index contributed by atoms with van der Waals surface area (Å²) in [5.74, 6) is 0.350. The van der Waals surface area contributed by atoms with Crippen molar-refractivity contribution < 1.29 is 9.72 Å². The van der Waals surface area contributed by atoms with Gasteiger partial charge in [0.2, 0.25) is 0 Å². The number of aromatic nitrogens is 2. The van der Waals surface area contributed by atoms with Crippen LogP contribution in [0.4, 0.5) is 5.69 Å². The minimum atomic E-state index is -0.466. The van der Waals surface area contributed by atoms with Crippen molar-refractivity contribution in [3.63, 3.8) is 0 Å². The number of nitro groups is 1. The first-order chi connectivity index (χ1) is 11.1. The Morgan fingerprint density at radius 3 is 2.78 bits per heavy atom. The monoisotopic (exact) mass is 307 g/mol. The zero-order valence-corrected chi connectivity index (χ0v) is 12.3. The van der Waals surface area contributed by atoms with Gasteiger partial charge < -0.3 is 0 Å². The number of aryl methyl sites for hydroxylation is 1. The lowest BCUT2D eigenvalue weighted by Gasteiger charge is -2.01. The fraction of sp³-hybridized carbons (Fsp3) is 0.0588. The molecule has 0 atom stereocenters. The largest absolute Gasteiger partial charge is 0.270 e. The summed E-state index contributed by atoms with van der Waals surface area (Å²) in [6.07, 6.45) is 2.95. The number of imidazole rings is 1. The van der Waals surface area contributed by atoms with Gasteiger partial charge in [-0.05, 0) is 30.7 Å². The smallest absolute Gasteiger partial charge is 0.269 e. The van der Waals surface area contributed by atoms with Crippen LogP contribution in [0.5, 0.6) is 0 Å². The molecule has 23 heavy (non-hydrogen) atoms. The van der Waals surface area contributed by atoms with Crippen molar-refractivity contribution in [2.45, 2.75) is 6.92 Å². The third-order valence-electron chi connectivity index (χ3n) is 3.45. The van der Waals surface area contributed by atoms with E-state index in [1.54, 1.807) is 25.1 Å². The second-order valence-electron chi connectivity index (χ2n) is 5.01. The number of fused-ring (bicyclic) bond motifs is 1. The molecule has 6 nitrogen and oxygen atoms in total. The van der Waals surface area contributed by atoms with E-state index < -0.39 is 4.92 Å². The zero-order chi connectivity index (χ0) is 16.4. The van der Waals surface area contributed by atoms with Crippen molar-refractivity contribution in [1.29, 1.82) is 0 Å². The van der Waals surface area contributed by atoms with Crippen molar-refractivity contribution in [2.24, 2.45) is 0 Å². The van der Waals surface area contributed by atoms with E-state index in [9.17, 15) is 14.9 Å². The molecular weight excluding hydrogens is 294 g/mol. The lowest BCUT2D eigenvalue weighted by atomic mass is 10.2. The summed E-state index contributed by atoms with van der Waals surface area (Å²) in [4.78, 5) is 27.1. The van der Waals surface area contributed by atoms with Gasteiger partial charge in [-0.25, -0.2) is 4.98 Å². The molecule has 0 spiro atoms. The van der Waals surface area contributed by atoms with Crippen molar-refractivity contribution >= 4 is 28.7 Å². The number of hydrogen-bond acceptors (Lipinski definition) is 4. The van der Waals surface area contributed by atoms with E-state index in [0.29, 0.717) is 11.4 Å². The lowest BCUT2D eigenvalue weighted by Crippen LogP contribution is -2.08. The average molecular weight is 307 g/mol. The first-order valence-corrected chi connectivity index (χ1v) is 6.97. The number of non-ortho nitro benzene ring substituents is 1. The van der Waals surface area contributed by atoms with Crippen LogP contribution < -0.4 is 0 Å². The third-order valence-corrected chi connectivity index (χ3v) is 3.45. The van der Waals surface area contributed by atoms with Gasteiger partial charge in [0, 0.05) is 18.2 Å². The highest BCUT2D eigenvalue weighted by Crippen LogP contribution is 2.17. The molecule has 3 aromatic rings. The highest BCUT2D eigenvalue weighted by Gasteiger charge is 2.11. The number of nitro benzene ring substituents is 1. The standard InChI is InChI=1S/C17H13N3O3/c1-12-18-15-7-2-3-8-16(15)19(12)17(21)10-9-13-5-4-6-14(11-13)20(22)23/h2-11H,1H3/b10-9+. The van der Waals surface area contributed by atoms with Crippen LogP contribution in [-0.4, -0.2) is 20.4 Å². The summed E-state index contributed by atoms with van der Waals surface area (Å²) in [5, 5.41) is 10.8. The number of carbonyl (C=O) groups is 1. The van der Waals surface area contributed by atoms with Gasteiger partial charge in [-0.1, -0.05) is 24.3 Å². The summed E-state index contributed by atoms with van der Waals surface area (Å²) in [6.45, 7) is 1.76. The summed E-state index contributed by atoms with van der Waals surface area (Å²) in [5.41, 5.74) is 2.07. The third kappa shape index (κ3) is 2.87. The fourth-order valence-corrected chi connectivity index (χ4v) is 2.41. The van der Waals surface area contributed by atoms with Gasteiger partial charge in [0.15, 0.2) is 0 Å². The number of nitrogens with zero attached hydrogens (tertiary/aromatic N) is 3. The molecule has 6 heteroatoms. The van der Waals surface area contributed by atoms with Gasteiger partial charge >= 0.3 is 0 Å². The normalized spacial score (nSPS) is 11.2. The van der Waals surface area contributed by atoms with Gasteiger partial charge in [0.05, 0.1) is 16.0 Å². The van der Waals surface area contributed by atoms with E-state index in [1.165, 1.54) is 22.8 Å². The Balaban J connectivity index is 1.93. The number of para-hydroxylation sites is 2. The van der Waals surface area contributed by atoms with Gasteiger partial charge in [-0.15, -0.1) is 0 Å². The Bertz CT molecular complexity index is 941. The number of allylic oxidation sites excluding steroid dienone is 1. The summed E-state index contributed by atoms with van der Waals surface area (Å²) < 4.78 is 1.52. The van der Waals surface area contributed by atoms with Gasteiger partial charge in [-0.3, -0.25) is 19.5 Å². The van der Waals surface area contributed by atoms with Gasteiger partial charge in [0.25, 0.3) is 11.6 Å². The quantitative estimate of drug-likeness (QED) is 0.421. The second-order valence-corrected chi connectivity index (χ2v) is 5.01. The molecule has 0 N–H and O–H groups in total. The van der Waals surface area contributed by atoms with Crippen LogP contribution in [0.1, 0.15) is 16.2 Å². The van der Waals surface area contributed by atoms with Crippen molar-refractivity contribution in [3.05, 3.63) is 76.1 Å². The molecule has 1 heterocycles. The molecule has 0 unspecified atom stereocenters. The molecule has 2 aromatic carbocycles. The molecule has 0 fully saturated rings. The molecule has 0 bridgehead atoms. The van der Waals surface area contributed by atoms with Crippen LogP contribution >= 0.6 is 0 Å². The number of benzene rings is 2. The van der Waals surface area contributed by atoms with Crippen molar-refractivity contribution in [1.82, 2.24) is 9.55 Å². The number of hydrogen-bond donors (Lipinski definition) is 0. The Morgan fingerprint density at radius 1 is 1.22 bits per heavy atom. The Hall–Kier alpha value is -3.28. The topological polar surface area (TPSA) is 78.0 Å². The van der Waals surface area contributed by atoms with E-state index in [1.807, 2.05) is 24.3 Å². The number of rotatable bonds is 3. The minimum Gasteiger partial charge on any atom is -0.269 e. The van der Waals surface area contributed by atoms with Gasteiger partial charge in [-0.2, -0.15) is 0 Å². The molecule has 0 aliphatic carbocycles. The van der Waals surface area contributed by atoms with Crippen LogP contribution in [0, 0.1) is 17.0 Å². The first kappa shape index (κ1) is 14.6. The Kier molecular flexibility index (Phi) is 3.72. The fourth-order valence-electron chi connectivity index (χ4n) is 2.41. The maximum atomic E-state index is 12.4. The van der Waals surface area contributed by atoms with Crippen molar-refractivity contribution in [3.8, 4) is 0 Å². The maximum absolute atomic E-state index is 12.4. The van der Waals surface area contributed by atoms with Crippen LogP contribution in [0.25, 0.3) is 17.1 Å². The SMILES string of the molecule is Cc1nc2ccccc2n1C(=O)/C=C/c1cccc([N+](=O)[O-])c1. The molecule has 3 rings (SSSR count). The highest BCUT2D eigenvalue weighted by molar-refractivity contribution is 5.99. The number of carbonyl (C=O) groups excluding carboxylic acids is 1. The minimum absolute atomic E-state index is 0.0103.